The van der Waals surface area contributed by atoms with Gasteiger partial charge in [-0.25, -0.2) is 8.78 Å². The van der Waals surface area contributed by atoms with Gasteiger partial charge in [0.15, 0.2) is 0 Å². The lowest BCUT2D eigenvalue weighted by molar-refractivity contribution is 0.0816. The molecule has 0 aliphatic carbocycles. The number of alkyl halides is 2. The predicted octanol–water partition coefficient (Wildman–Crippen LogP) is 0.319. The molecule has 0 aliphatic heterocycles. The summed E-state index contributed by atoms with van der Waals surface area (Å²) in [5.41, 5.74) is 0.880. The standard InChI is InChI=1S/C9H11BF2O3/c1-6-2-3-7(10(13)14)4-8(6)15-5-9(11)12/h2-4,9,13-14H,5H2,1H3. The van der Waals surface area contributed by atoms with Crippen molar-refractivity contribution in [3.05, 3.63) is 23.8 Å². The Morgan fingerprint density at radius 1 is 1.40 bits per heavy atom. The minimum atomic E-state index is -2.55. The minimum absolute atomic E-state index is 0.213. The summed E-state index contributed by atoms with van der Waals surface area (Å²) in [6, 6.07) is 4.41. The van der Waals surface area contributed by atoms with Crippen LogP contribution in [0, 0.1) is 6.92 Å². The first-order valence-corrected chi connectivity index (χ1v) is 4.38. The average Bonchev–Trinajstić information content (AvgIpc) is 2.16. The first-order chi connectivity index (χ1) is 7.00. The van der Waals surface area contributed by atoms with Crippen LogP contribution >= 0.6 is 0 Å². The van der Waals surface area contributed by atoms with Crippen LogP contribution in [-0.2, 0) is 0 Å². The van der Waals surface area contributed by atoms with Gasteiger partial charge >= 0.3 is 7.12 Å². The molecular formula is C9H11BF2O3. The van der Waals surface area contributed by atoms with Gasteiger partial charge in [0.1, 0.15) is 12.4 Å². The van der Waals surface area contributed by atoms with Gasteiger partial charge in [-0.15, -0.1) is 0 Å². The summed E-state index contributed by atoms with van der Waals surface area (Å²) in [7, 11) is -1.63. The summed E-state index contributed by atoms with van der Waals surface area (Å²) in [5, 5.41) is 17.7. The molecule has 0 aliphatic rings. The summed E-state index contributed by atoms with van der Waals surface area (Å²) >= 11 is 0. The van der Waals surface area contributed by atoms with E-state index in [1.807, 2.05) is 0 Å². The van der Waals surface area contributed by atoms with Crippen LogP contribution < -0.4 is 10.2 Å². The van der Waals surface area contributed by atoms with E-state index in [1.54, 1.807) is 13.0 Å². The number of hydrogen-bond donors (Lipinski definition) is 2. The van der Waals surface area contributed by atoms with Gasteiger partial charge in [-0.2, -0.15) is 0 Å². The maximum atomic E-state index is 11.9. The molecule has 0 aromatic heterocycles. The van der Waals surface area contributed by atoms with Crippen molar-refractivity contribution in [1.82, 2.24) is 0 Å². The Balaban J connectivity index is 2.81. The van der Waals surface area contributed by atoms with Gasteiger partial charge in [0.25, 0.3) is 6.43 Å². The quantitative estimate of drug-likeness (QED) is 0.712. The maximum absolute atomic E-state index is 11.9. The van der Waals surface area contributed by atoms with E-state index < -0.39 is 20.2 Å². The minimum Gasteiger partial charge on any atom is -0.487 e. The molecule has 0 unspecified atom stereocenters. The third kappa shape index (κ3) is 3.49. The van der Waals surface area contributed by atoms with E-state index in [-0.39, 0.29) is 11.2 Å². The second-order valence-electron chi connectivity index (χ2n) is 3.10. The van der Waals surface area contributed by atoms with Gasteiger partial charge in [-0.3, -0.25) is 0 Å². The van der Waals surface area contributed by atoms with Gasteiger partial charge in [-0.05, 0) is 24.0 Å². The molecule has 0 atom stereocenters. The maximum Gasteiger partial charge on any atom is 0.488 e. The van der Waals surface area contributed by atoms with Crippen LogP contribution in [0.25, 0.3) is 0 Å². The zero-order chi connectivity index (χ0) is 11.4. The summed E-state index contributed by atoms with van der Waals surface area (Å²) in [6.07, 6.45) is -2.55. The highest BCUT2D eigenvalue weighted by Crippen LogP contribution is 2.16. The SMILES string of the molecule is Cc1ccc(B(O)O)cc1OCC(F)F. The highest BCUT2D eigenvalue weighted by Gasteiger charge is 2.13. The Morgan fingerprint density at radius 2 is 2.07 bits per heavy atom. The molecule has 0 bridgehead atoms. The first kappa shape index (κ1) is 11.9. The lowest BCUT2D eigenvalue weighted by Gasteiger charge is -2.10. The van der Waals surface area contributed by atoms with Crippen molar-refractivity contribution in [3.8, 4) is 5.75 Å². The third-order valence-electron chi connectivity index (χ3n) is 1.88. The molecule has 82 valence electrons. The Bertz CT molecular complexity index is 331. The second kappa shape index (κ2) is 5.09. The van der Waals surface area contributed by atoms with Crippen molar-refractivity contribution in [2.75, 3.05) is 6.61 Å². The molecule has 2 N–H and O–H groups in total. The van der Waals surface area contributed by atoms with E-state index in [2.05, 4.69) is 0 Å². The van der Waals surface area contributed by atoms with Crippen LogP contribution in [0.2, 0.25) is 0 Å². The van der Waals surface area contributed by atoms with Crippen molar-refractivity contribution in [3.63, 3.8) is 0 Å². The molecule has 1 aromatic rings. The zero-order valence-electron chi connectivity index (χ0n) is 8.15. The van der Waals surface area contributed by atoms with Gasteiger partial charge in [0.05, 0.1) is 0 Å². The van der Waals surface area contributed by atoms with E-state index in [0.717, 1.165) is 0 Å². The van der Waals surface area contributed by atoms with Crippen molar-refractivity contribution in [2.45, 2.75) is 13.3 Å². The Labute approximate surface area is 86.5 Å². The average molecular weight is 216 g/mol. The van der Waals surface area contributed by atoms with E-state index >= 15 is 0 Å². The summed E-state index contributed by atoms with van der Waals surface area (Å²) in [6.45, 7) is 0.986. The molecule has 3 nitrogen and oxygen atoms in total. The number of halogens is 2. The summed E-state index contributed by atoms with van der Waals surface area (Å²) in [5.74, 6) is 0.237. The summed E-state index contributed by atoms with van der Waals surface area (Å²) in [4.78, 5) is 0. The fourth-order valence-electron chi connectivity index (χ4n) is 1.09. The van der Waals surface area contributed by atoms with Crippen molar-refractivity contribution < 1.29 is 23.6 Å². The molecule has 0 radical (unpaired) electrons. The second-order valence-corrected chi connectivity index (χ2v) is 3.10. The topological polar surface area (TPSA) is 49.7 Å². The van der Waals surface area contributed by atoms with Gasteiger partial charge in [-0.1, -0.05) is 12.1 Å². The molecule has 15 heavy (non-hydrogen) atoms. The van der Waals surface area contributed by atoms with Crippen molar-refractivity contribution in [2.24, 2.45) is 0 Å². The molecular weight excluding hydrogens is 205 g/mol. The lowest BCUT2D eigenvalue weighted by atomic mass is 9.80. The van der Waals surface area contributed by atoms with Crippen LogP contribution in [0.4, 0.5) is 8.78 Å². The number of hydrogen-bond acceptors (Lipinski definition) is 3. The molecule has 6 heteroatoms. The van der Waals surface area contributed by atoms with E-state index in [4.69, 9.17) is 14.8 Å². The van der Waals surface area contributed by atoms with Crippen LogP contribution in [0.1, 0.15) is 5.56 Å². The number of aryl methyl sites for hydroxylation is 1. The highest BCUT2D eigenvalue weighted by molar-refractivity contribution is 6.58. The van der Waals surface area contributed by atoms with Crippen LogP contribution in [-0.4, -0.2) is 30.2 Å². The Kier molecular flexibility index (Phi) is 4.05. The van der Waals surface area contributed by atoms with Crippen LogP contribution in [0.15, 0.2) is 18.2 Å². The highest BCUT2D eigenvalue weighted by atomic mass is 19.3. The lowest BCUT2D eigenvalue weighted by Crippen LogP contribution is -2.29. The molecule has 0 amide bonds. The molecule has 0 saturated heterocycles. The third-order valence-corrected chi connectivity index (χ3v) is 1.88. The molecule has 0 spiro atoms. The molecule has 0 heterocycles. The summed E-state index contributed by atoms with van der Waals surface area (Å²) < 4.78 is 28.6. The monoisotopic (exact) mass is 216 g/mol. The van der Waals surface area contributed by atoms with E-state index in [1.165, 1.54) is 12.1 Å². The van der Waals surface area contributed by atoms with E-state index in [0.29, 0.717) is 5.56 Å². The first-order valence-electron chi connectivity index (χ1n) is 4.38. The number of ether oxygens (including phenoxy) is 1. The largest absolute Gasteiger partial charge is 0.488 e. The van der Waals surface area contributed by atoms with Crippen molar-refractivity contribution >= 4 is 12.6 Å². The number of benzene rings is 1. The van der Waals surface area contributed by atoms with E-state index in [9.17, 15) is 8.78 Å². The predicted molar refractivity (Wildman–Crippen MR) is 52.5 cm³/mol. The number of rotatable bonds is 4. The Morgan fingerprint density at radius 3 is 2.60 bits per heavy atom. The molecule has 0 fully saturated rings. The molecule has 0 saturated carbocycles. The smallest absolute Gasteiger partial charge is 0.487 e. The zero-order valence-corrected chi connectivity index (χ0v) is 8.15. The van der Waals surface area contributed by atoms with Gasteiger partial charge in [0.2, 0.25) is 0 Å². The van der Waals surface area contributed by atoms with Crippen LogP contribution in [0.5, 0.6) is 5.75 Å². The Hall–Kier alpha value is -1.14. The normalized spacial score (nSPS) is 10.5. The van der Waals surface area contributed by atoms with Crippen molar-refractivity contribution in [1.29, 1.82) is 0 Å². The fourth-order valence-corrected chi connectivity index (χ4v) is 1.09. The molecule has 1 aromatic carbocycles. The fraction of sp³-hybridized carbons (Fsp3) is 0.333. The van der Waals surface area contributed by atoms with Gasteiger partial charge in [0, 0.05) is 0 Å². The van der Waals surface area contributed by atoms with Gasteiger partial charge < -0.3 is 14.8 Å². The molecule has 1 rings (SSSR count). The van der Waals surface area contributed by atoms with Crippen LogP contribution in [0.3, 0.4) is 0 Å².